The Hall–Kier alpha value is -1.18. The van der Waals surface area contributed by atoms with Crippen LogP contribution in [-0.2, 0) is 23.6 Å². The Balaban J connectivity index is 2.23. The minimum atomic E-state index is -3.53. The van der Waals surface area contributed by atoms with Crippen LogP contribution in [-0.4, -0.2) is 29.6 Å². The summed E-state index contributed by atoms with van der Waals surface area (Å²) in [5.41, 5.74) is 1.97. The van der Waals surface area contributed by atoms with Crippen LogP contribution in [0.2, 0.25) is 0 Å². The van der Waals surface area contributed by atoms with Crippen molar-refractivity contribution in [3.63, 3.8) is 0 Å². The molecule has 2 rings (SSSR count). The van der Waals surface area contributed by atoms with Gasteiger partial charge in [-0.3, -0.25) is 4.68 Å². The molecule has 0 aliphatic heterocycles. The minimum absolute atomic E-state index is 0.256. The van der Waals surface area contributed by atoms with Crippen LogP contribution in [0.15, 0.2) is 39.8 Å². The van der Waals surface area contributed by atoms with E-state index in [0.29, 0.717) is 10.8 Å². The second kappa shape index (κ2) is 7.15. The quantitative estimate of drug-likeness (QED) is 0.746. The summed E-state index contributed by atoms with van der Waals surface area (Å²) in [6.07, 6.45) is 2.69. The predicted molar refractivity (Wildman–Crippen MR) is 94.7 cm³/mol. The van der Waals surface area contributed by atoms with Gasteiger partial charge < -0.3 is 0 Å². The van der Waals surface area contributed by atoms with E-state index in [-0.39, 0.29) is 6.54 Å². The van der Waals surface area contributed by atoms with E-state index in [0.717, 1.165) is 22.2 Å². The van der Waals surface area contributed by atoms with E-state index in [9.17, 15) is 8.42 Å². The lowest BCUT2D eigenvalue weighted by molar-refractivity contribution is 0.452. The predicted octanol–water partition coefficient (Wildman–Crippen LogP) is 3.52. The first-order valence-corrected chi connectivity index (χ1v) is 9.73. The van der Waals surface area contributed by atoms with Crippen LogP contribution in [0.5, 0.6) is 0 Å². The second-order valence-corrected chi connectivity index (χ2v) is 8.60. The number of aryl methyl sites for hydroxylation is 1. The van der Waals surface area contributed by atoms with Gasteiger partial charge in [0.25, 0.3) is 0 Å². The number of nitrogens with zero attached hydrogens (tertiary/aromatic N) is 3. The van der Waals surface area contributed by atoms with E-state index in [1.165, 1.54) is 4.31 Å². The first kappa shape index (κ1) is 18.2. The van der Waals surface area contributed by atoms with Crippen molar-refractivity contribution in [3.05, 3.63) is 46.2 Å². The molecule has 0 saturated carbocycles. The number of hydrogen-bond donors (Lipinski definition) is 0. The van der Waals surface area contributed by atoms with Crippen molar-refractivity contribution >= 4 is 26.0 Å². The third kappa shape index (κ3) is 3.84. The van der Waals surface area contributed by atoms with E-state index >= 15 is 0 Å². The fourth-order valence-corrected chi connectivity index (χ4v) is 3.90. The number of sulfonamides is 1. The Morgan fingerprint density at radius 1 is 1.30 bits per heavy atom. The van der Waals surface area contributed by atoms with Crippen LogP contribution in [0.4, 0.5) is 0 Å². The van der Waals surface area contributed by atoms with Crippen molar-refractivity contribution in [2.45, 2.75) is 37.6 Å². The van der Waals surface area contributed by atoms with Crippen LogP contribution in [0.1, 0.15) is 37.4 Å². The Kier molecular flexibility index (Phi) is 5.65. The number of hydrogen-bond acceptors (Lipinski definition) is 3. The van der Waals surface area contributed by atoms with Crippen LogP contribution < -0.4 is 0 Å². The molecule has 7 heteroatoms. The van der Waals surface area contributed by atoms with Crippen molar-refractivity contribution < 1.29 is 8.42 Å². The van der Waals surface area contributed by atoms with Gasteiger partial charge in [-0.15, -0.1) is 0 Å². The molecule has 0 N–H and O–H groups in total. The summed E-state index contributed by atoms with van der Waals surface area (Å²) in [6.45, 7) is 4.51. The van der Waals surface area contributed by atoms with Crippen LogP contribution in [0.3, 0.4) is 0 Å². The molecule has 23 heavy (non-hydrogen) atoms. The number of halogens is 1. The lowest BCUT2D eigenvalue weighted by atomic mass is 9.99. The van der Waals surface area contributed by atoms with Gasteiger partial charge in [0.05, 0.1) is 27.8 Å². The van der Waals surface area contributed by atoms with E-state index in [1.807, 2.05) is 12.1 Å². The highest BCUT2D eigenvalue weighted by Crippen LogP contribution is 2.24. The summed E-state index contributed by atoms with van der Waals surface area (Å²) < 4.78 is 29.2. The highest BCUT2D eigenvalue weighted by molar-refractivity contribution is 9.10. The van der Waals surface area contributed by atoms with Gasteiger partial charge in [-0.05, 0) is 46.0 Å². The zero-order valence-corrected chi connectivity index (χ0v) is 16.2. The average molecular weight is 400 g/mol. The van der Waals surface area contributed by atoms with Crippen molar-refractivity contribution in [2.75, 3.05) is 7.05 Å². The van der Waals surface area contributed by atoms with Gasteiger partial charge in [-0.25, -0.2) is 8.42 Å². The van der Waals surface area contributed by atoms with Crippen molar-refractivity contribution in [2.24, 2.45) is 7.05 Å². The maximum atomic E-state index is 12.7. The normalized spacial score (nSPS) is 13.5. The fourth-order valence-electron chi connectivity index (χ4n) is 2.29. The first-order chi connectivity index (χ1) is 10.8. The molecule has 0 aliphatic rings. The van der Waals surface area contributed by atoms with Gasteiger partial charge >= 0.3 is 0 Å². The number of rotatable bonds is 6. The van der Waals surface area contributed by atoms with Gasteiger partial charge in [0.2, 0.25) is 10.0 Å². The van der Waals surface area contributed by atoms with Crippen LogP contribution in [0.25, 0.3) is 0 Å². The van der Waals surface area contributed by atoms with Crippen molar-refractivity contribution in [3.8, 4) is 0 Å². The topological polar surface area (TPSA) is 55.2 Å². The van der Waals surface area contributed by atoms with Crippen molar-refractivity contribution in [1.29, 1.82) is 0 Å². The summed E-state index contributed by atoms with van der Waals surface area (Å²) in [5.74, 6) is 0.426. The van der Waals surface area contributed by atoms with E-state index in [4.69, 9.17) is 0 Å². The molecule has 1 aromatic carbocycles. The first-order valence-electron chi connectivity index (χ1n) is 7.50. The van der Waals surface area contributed by atoms with Gasteiger partial charge in [0.15, 0.2) is 0 Å². The Labute approximate surface area is 146 Å². The van der Waals surface area contributed by atoms with Crippen LogP contribution >= 0.6 is 15.9 Å². The van der Waals surface area contributed by atoms with Gasteiger partial charge in [0, 0.05) is 14.1 Å². The molecule has 0 bridgehead atoms. The van der Waals surface area contributed by atoms with Gasteiger partial charge in [-0.2, -0.15) is 9.40 Å². The zero-order chi connectivity index (χ0) is 17.2. The average Bonchev–Trinajstić information content (AvgIpc) is 2.86. The summed E-state index contributed by atoms with van der Waals surface area (Å²) >= 11 is 3.40. The SMILES string of the molecule is CC[C@@H](C)c1ccc(S(=O)(=O)N(C)Cc2c(Br)cnn2C)cc1. The number of benzene rings is 1. The fraction of sp³-hybridized carbons (Fsp3) is 0.438. The lowest BCUT2D eigenvalue weighted by Crippen LogP contribution is -2.27. The third-order valence-corrected chi connectivity index (χ3v) is 6.63. The van der Waals surface area contributed by atoms with Gasteiger partial charge in [0.1, 0.15) is 0 Å². The highest BCUT2D eigenvalue weighted by Gasteiger charge is 2.23. The molecule has 0 fully saturated rings. The molecule has 0 radical (unpaired) electrons. The van der Waals surface area contributed by atoms with Crippen LogP contribution in [0, 0.1) is 0 Å². The molecule has 0 spiro atoms. The largest absolute Gasteiger partial charge is 0.270 e. The molecule has 0 amide bonds. The molecule has 2 aromatic rings. The molecule has 1 atom stereocenters. The standard InChI is InChI=1S/C16H22BrN3O2S/c1-5-12(2)13-6-8-14(9-7-13)23(21,22)19(3)11-16-15(17)10-18-20(16)4/h6-10,12H,5,11H2,1-4H3/t12-/m1/s1. The molecule has 5 nitrogen and oxygen atoms in total. The lowest BCUT2D eigenvalue weighted by Gasteiger charge is -2.18. The maximum absolute atomic E-state index is 12.7. The summed E-state index contributed by atoms with van der Waals surface area (Å²) in [6, 6.07) is 7.17. The highest BCUT2D eigenvalue weighted by atomic mass is 79.9. The Bertz CT molecular complexity index is 750. The zero-order valence-electron chi connectivity index (χ0n) is 13.8. The van der Waals surface area contributed by atoms with Crippen molar-refractivity contribution in [1.82, 2.24) is 14.1 Å². The molecule has 1 aromatic heterocycles. The third-order valence-electron chi connectivity index (χ3n) is 4.15. The minimum Gasteiger partial charge on any atom is -0.270 e. The second-order valence-electron chi connectivity index (χ2n) is 5.70. The summed E-state index contributed by atoms with van der Waals surface area (Å²) in [7, 11) is -0.153. The van der Waals surface area contributed by atoms with E-state index in [1.54, 1.807) is 37.1 Å². The molecule has 1 heterocycles. The summed E-state index contributed by atoms with van der Waals surface area (Å²) in [5, 5.41) is 4.11. The summed E-state index contributed by atoms with van der Waals surface area (Å²) in [4.78, 5) is 0.311. The Morgan fingerprint density at radius 2 is 1.91 bits per heavy atom. The number of aromatic nitrogens is 2. The van der Waals surface area contributed by atoms with E-state index in [2.05, 4.69) is 34.9 Å². The Morgan fingerprint density at radius 3 is 2.39 bits per heavy atom. The maximum Gasteiger partial charge on any atom is 0.243 e. The van der Waals surface area contributed by atoms with E-state index < -0.39 is 10.0 Å². The smallest absolute Gasteiger partial charge is 0.243 e. The molecule has 126 valence electrons. The monoisotopic (exact) mass is 399 g/mol. The molecule has 0 unspecified atom stereocenters. The molecule has 0 aliphatic carbocycles. The molecule has 0 saturated heterocycles. The molecular formula is C16H22BrN3O2S. The molecular weight excluding hydrogens is 378 g/mol. The van der Waals surface area contributed by atoms with Gasteiger partial charge in [-0.1, -0.05) is 26.0 Å².